The van der Waals surface area contributed by atoms with Gasteiger partial charge in [0.25, 0.3) is 5.91 Å². The third-order valence-corrected chi connectivity index (χ3v) is 6.90. The Morgan fingerprint density at radius 2 is 1.69 bits per heavy atom. The monoisotopic (exact) mass is 399 g/mol. The summed E-state index contributed by atoms with van der Waals surface area (Å²) >= 11 is 0.790. The van der Waals surface area contributed by atoms with E-state index in [9.17, 15) is 27.7 Å². The molecule has 0 N–H and O–H groups in total. The van der Waals surface area contributed by atoms with Gasteiger partial charge in [0.05, 0.1) is 14.7 Å². The Morgan fingerprint density at radius 3 is 2.23 bits per heavy atom. The number of sulfonamides is 1. The van der Waals surface area contributed by atoms with E-state index in [-0.39, 0.29) is 46.9 Å². The van der Waals surface area contributed by atoms with Crippen molar-refractivity contribution in [2.24, 2.45) is 0 Å². The van der Waals surface area contributed by atoms with Gasteiger partial charge in [-0.2, -0.15) is 4.31 Å². The van der Waals surface area contributed by atoms with Crippen LogP contribution in [0, 0.1) is 15.9 Å². The predicted octanol–water partition coefficient (Wildman–Crippen LogP) is 1.94. The van der Waals surface area contributed by atoms with Gasteiger partial charge in [-0.3, -0.25) is 14.9 Å². The molecule has 8 nitrogen and oxygen atoms in total. The maximum absolute atomic E-state index is 13.0. The molecule has 0 bridgehead atoms. The molecule has 138 valence electrons. The van der Waals surface area contributed by atoms with E-state index < -0.39 is 20.8 Å². The number of amides is 1. The van der Waals surface area contributed by atoms with Crippen molar-refractivity contribution >= 4 is 32.3 Å². The van der Waals surface area contributed by atoms with Crippen molar-refractivity contribution in [3.05, 3.63) is 57.2 Å². The van der Waals surface area contributed by atoms with Crippen LogP contribution in [0.5, 0.6) is 0 Å². The van der Waals surface area contributed by atoms with Crippen molar-refractivity contribution in [2.45, 2.75) is 4.90 Å². The lowest BCUT2D eigenvalue weighted by Crippen LogP contribution is -2.50. The smallest absolute Gasteiger partial charge is 0.324 e. The Balaban J connectivity index is 1.67. The second kappa shape index (κ2) is 7.09. The Morgan fingerprint density at radius 1 is 1.08 bits per heavy atom. The molecule has 0 unspecified atom stereocenters. The molecule has 1 fully saturated rings. The minimum absolute atomic E-state index is 0.00689. The highest BCUT2D eigenvalue weighted by Crippen LogP contribution is 2.26. The van der Waals surface area contributed by atoms with Crippen molar-refractivity contribution in [2.75, 3.05) is 26.2 Å². The number of halogens is 1. The van der Waals surface area contributed by atoms with E-state index in [0.717, 1.165) is 23.5 Å². The van der Waals surface area contributed by atoms with Crippen LogP contribution in [0.1, 0.15) is 9.67 Å². The van der Waals surface area contributed by atoms with Gasteiger partial charge in [-0.05, 0) is 30.3 Å². The standard InChI is InChI=1S/C15H14FN3O5S2/c16-11-1-3-12(4-2-11)26(23,24)18-9-7-17(8-10-18)15(20)13-5-6-14(25-13)19(21)22/h1-6H,7-10H2. The quantitative estimate of drug-likeness (QED) is 0.578. The summed E-state index contributed by atoms with van der Waals surface area (Å²) in [4.78, 5) is 24.3. The Hall–Kier alpha value is -2.37. The van der Waals surface area contributed by atoms with Crippen LogP contribution in [0.2, 0.25) is 0 Å². The summed E-state index contributed by atoms with van der Waals surface area (Å²) in [6, 6.07) is 7.23. The van der Waals surface area contributed by atoms with Crippen LogP contribution >= 0.6 is 11.3 Å². The lowest BCUT2D eigenvalue weighted by Gasteiger charge is -2.33. The van der Waals surface area contributed by atoms with Crippen LogP contribution in [0.15, 0.2) is 41.3 Å². The molecule has 0 aliphatic carbocycles. The van der Waals surface area contributed by atoms with Crippen LogP contribution in [0.3, 0.4) is 0 Å². The number of rotatable bonds is 4. The van der Waals surface area contributed by atoms with Crippen LogP contribution < -0.4 is 0 Å². The van der Waals surface area contributed by atoms with Crippen molar-refractivity contribution in [3.8, 4) is 0 Å². The third-order valence-electron chi connectivity index (χ3n) is 3.96. The molecule has 0 radical (unpaired) electrons. The van der Waals surface area contributed by atoms with Gasteiger partial charge in [-0.15, -0.1) is 0 Å². The number of nitro groups is 1. The van der Waals surface area contributed by atoms with E-state index in [4.69, 9.17) is 0 Å². The zero-order valence-electron chi connectivity index (χ0n) is 13.4. The topological polar surface area (TPSA) is 101 Å². The minimum Gasteiger partial charge on any atom is -0.335 e. The fourth-order valence-corrected chi connectivity index (χ4v) is 4.79. The average molecular weight is 399 g/mol. The maximum Gasteiger partial charge on any atom is 0.324 e. The molecule has 0 atom stereocenters. The summed E-state index contributed by atoms with van der Waals surface area (Å²) in [5.41, 5.74) is 0. The Labute approximate surface area is 152 Å². The van der Waals surface area contributed by atoms with Crippen LogP contribution in [0.25, 0.3) is 0 Å². The van der Waals surface area contributed by atoms with Crippen LogP contribution in [0.4, 0.5) is 9.39 Å². The van der Waals surface area contributed by atoms with E-state index in [2.05, 4.69) is 0 Å². The number of benzene rings is 1. The third kappa shape index (κ3) is 3.59. The summed E-state index contributed by atoms with van der Waals surface area (Å²) in [6.45, 7) is 0.535. The highest BCUT2D eigenvalue weighted by molar-refractivity contribution is 7.89. The van der Waals surface area contributed by atoms with Crippen molar-refractivity contribution < 1.29 is 22.5 Å². The van der Waals surface area contributed by atoms with E-state index in [1.165, 1.54) is 33.5 Å². The molecule has 1 aliphatic rings. The fourth-order valence-electron chi connectivity index (χ4n) is 2.58. The van der Waals surface area contributed by atoms with Gasteiger partial charge in [0, 0.05) is 32.2 Å². The van der Waals surface area contributed by atoms with E-state index in [1.54, 1.807) is 0 Å². The highest BCUT2D eigenvalue weighted by Gasteiger charge is 2.31. The molecular weight excluding hydrogens is 385 g/mol. The molecule has 0 spiro atoms. The largest absolute Gasteiger partial charge is 0.335 e. The van der Waals surface area contributed by atoms with Gasteiger partial charge in [0.15, 0.2) is 0 Å². The van der Waals surface area contributed by atoms with Gasteiger partial charge in [-0.1, -0.05) is 11.3 Å². The molecule has 1 amide bonds. The van der Waals surface area contributed by atoms with E-state index in [1.807, 2.05) is 0 Å². The fraction of sp³-hybridized carbons (Fsp3) is 0.267. The first kappa shape index (κ1) is 18.4. The van der Waals surface area contributed by atoms with Gasteiger partial charge >= 0.3 is 5.00 Å². The number of thiophene rings is 1. The number of piperazine rings is 1. The molecule has 1 saturated heterocycles. The lowest BCUT2D eigenvalue weighted by molar-refractivity contribution is -0.380. The molecule has 26 heavy (non-hydrogen) atoms. The summed E-state index contributed by atoms with van der Waals surface area (Å²) in [5, 5.41) is 10.6. The number of nitrogens with zero attached hydrogens (tertiary/aromatic N) is 3. The first-order valence-corrected chi connectivity index (χ1v) is 9.84. The first-order valence-electron chi connectivity index (χ1n) is 7.58. The van der Waals surface area contributed by atoms with Crippen molar-refractivity contribution in [1.29, 1.82) is 0 Å². The van der Waals surface area contributed by atoms with Crippen LogP contribution in [-0.2, 0) is 10.0 Å². The summed E-state index contributed by atoms with van der Waals surface area (Å²) < 4.78 is 39.3. The first-order chi connectivity index (χ1) is 12.3. The summed E-state index contributed by atoms with van der Waals surface area (Å²) in [7, 11) is -3.76. The van der Waals surface area contributed by atoms with E-state index >= 15 is 0 Å². The molecule has 0 saturated carbocycles. The highest BCUT2D eigenvalue weighted by atomic mass is 32.2. The number of hydrogen-bond acceptors (Lipinski definition) is 6. The predicted molar refractivity (Wildman–Crippen MR) is 92.0 cm³/mol. The Kier molecular flexibility index (Phi) is 5.03. The SMILES string of the molecule is O=C(c1ccc([N+](=O)[O-])s1)N1CCN(S(=O)(=O)c2ccc(F)cc2)CC1. The summed E-state index contributed by atoms with van der Waals surface area (Å²) in [5.74, 6) is -0.883. The number of carbonyl (C=O) groups excluding carboxylic acids is 1. The van der Waals surface area contributed by atoms with Gasteiger partial charge in [0.2, 0.25) is 10.0 Å². The van der Waals surface area contributed by atoms with E-state index in [0.29, 0.717) is 0 Å². The Bertz CT molecular complexity index is 934. The molecule has 2 aromatic rings. The number of carbonyl (C=O) groups is 1. The molecule has 3 rings (SSSR count). The molecule has 1 aromatic carbocycles. The van der Waals surface area contributed by atoms with Gasteiger partial charge in [0.1, 0.15) is 5.82 Å². The zero-order valence-corrected chi connectivity index (χ0v) is 15.0. The number of hydrogen-bond donors (Lipinski definition) is 0. The minimum atomic E-state index is -3.76. The average Bonchev–Trinajstić information content (AvgIpc) is 3.12. The van der Waals surface area contributed by atoms with Crippen molar-refractivity contribution in [3.63, 3.8) is 0 Å². The summed E-state index contributed by atoms with van der Waals surface area (Å²) in [6.07, 6.45) is 0. The van der Waals surface area contributed by atoms with Gasteiger partial charge in [-0.25, -0.2) is 12.8 Å². The molecule has 1 aliphatic heterocycles. The molecular formula is C15H14FN3O5S2. The molecule has 1 aromatic heterocycles. The van der Waals surface area contributed by atoms with Crippen molar-refractivity contribution in [1.82, 2.24) is 9.21 Å². The molecule has 11 heteroatoms. The normalized spacial score (nSPS) is 15.8. The zero-order chi connectivity index (χ0) is 18.9. The lowest BCUT2D eigenvalue weighted by atomic mass is 10.3. The van der Waals surface area contributed by atoms with Gasteiger partial charge < -0.3 is 4.90 Å². The second-order valence-corrected chi connectivity index (χ2v) is 8.55. The second-order valence-electron chi connectivity index (χ2n) is 5.55. The molecule has 2 heterocycles. The maximum atomic E-state index is 13.0. The van der Waals surface area contributed by atoms with Crippen LogP contribution in [-0.4, -0.2) is 54.6 Å².